The second-order valence-electron chi connectivity index (χ2n) is 4.82. The molecular weight excluding hydrogens is 244 g/mol. The van der Waals surface area contributed by atoms with Crippen LogP contribution in [0, 0.1) is 5.92 Å². The lowest BCUT2D eigenvalue weighted by Crippen LogP contribution is -2.22. The number of aliphatic hydroxyl groups is 1. The van der Waals surface area contributed by atoms with E-state index in [9.17, 15) is 0 Å². The van der Waals surface area contributed by atoms with Crippen LogP contribution in [0.25, 0.3) is 0 Å². The van der Waals surface area contributed by atoms with Crippen LogP contribution in [0.15, 0.2) is 6.07 Å². The molecule has 0 bridgehead atoms. The van der Waals surface area contributed by atoms with E-state index in [0.717, 1.165) is 37.6 Å². The van der Waals surface area contributed by atoms with Crippen molar-refractivity contribution in [2.75, 3.05) is 44.1 Å². The molecule has 0 radical (unpaired) electrons. The predicted molar refractivity (Wildman–Crippen MR) is 74.3 cm³/mol. The molecule has 2 rings (SSSR count). The van der Waals surface area contributed by atoms with E-state index in [1.807, 2.05) is 13.1 Å². The smallest absolute Gasteiger partial charge is 0.158 e. The molecule has 0 spiro atoms. The highest BCUT2D eigenvalue weighted by atomic mass is 16.5. The van der Waals surface area contributed by atoms with Crippen LogP contribution in [0.5, 0.6) is 0 Å². The molecule has 0 aromatic carbocycles. The third kappa shape index (κ3) is 3.54. The Labute approximate surface area is 113 Å². The van der Waals surface area contributed by atoms with Gasteiger partial charge in [-0.1, -0.05) is 0 Å². The average molecular weight is 266 g/mol. The van der Waals surface area contributed by atoms with Crippen molar-refractivity contribution >= 4 is 11.6 Å². The number of nitrogens with one attached hydrogen (secondary N) is 1. The standard InChI is InChI=1S/C13H22N4O2/c1-14-11-7-13(16-12(15-11)9-19-2)17-5-3-10(8-17)4-6-18/h7,10,18H,3-6,8-9H2,1-2H3,(H,14,15,16). The maximum absolute atomic E-state index is 9.01. The first-order valence-corrected chi connectivity index (χ1v) is 6.67. The first kappa shape index (κ1) is 14.0. The lowest BCUT2D eigenvalue weighted by Gasteiger charge is -2.19. The molecule has 1 unspecified atom stereocenters. The molecule has 1 aliphatic heterocycles. The number of aromatic nitrogens is 2. The second-order valence-corrected chi connectivity index (χ2v) is 4.82. The molecule has 1 atom stereocenters. The molecule has 1 saturated heterocycles. The summed E-state index contributed by atoms with van der Waals surface area (Å²) in [5, 5.41) is 12.1. The summed E-state index contributed by atoms with van der Waals surface area (Å²) in [6.45, 7) is 2.61. The van der Waals surface area contributed by atoms with Gasteiger partial charge in [-0.25, -0.2) is 9.97 Å². The van der Waals surface area contributed by atoms with Gasteiger partial charge in [0.15, 0.2) is 5.82 Å². The van der Waals surface area contributed by atoms with E-state index in [0.29, 0.717) is 18.3 Å². The molecule has 1 aromatic rings. The molecule has 0 amide bonds. The van der Waals surface area contributed by atoms with Crippen LogP contribution in [0.4, 0.5) is 11.6 Å². The maximum atomic E-state index is 9.01. The number of hydrogen-bond acceptors (Lipinski definition) is 6. The fourth-order valence-electron chi connectivity index (χ4n) is 2.43. The van der Waals surface area contributed by atoms with Crippen molar-refractivity contribution in [1.29, 1.82) is 0 Å². The molecule has 0 aliphatic carbocycles. The average Bonchev–Trinajstić information content (AvgIpc) is 2.88. The number of methoxy groups -OCH3 is 1. The minimum absolute atomic E-state index is 0.263. The van der Waals surface area contributed by atoms with Crippen LogP contribution in [-0.4, -0.2) is 48.9 Å². The first-order valence-electron chi connectivity index (χ1n) is 6.67. The van der Waals surface area contributed by atoms with E-state index in [2.05, 4.69) is 20.2 Å². The molecule has 6 heteroatoms. The van der Waals surface area contributed by atoms with Gasteiger partial charge < -0.3 is 20.1 Å². The number of nitrogens with zero attached hydrogens (tertiary/aromatic N) is 3. The van der Waals surface area contributed by atoms with E-state index in [1.165, 1.54) is 0 Å². The Bertz CT molecular complexity index is 414. The minimum atomic E-state index is 0.263. The third-order valence-electron chi connectivity index (χ3n) is 3.44. The second kappa shape index (κ2) is 6.68. The molecule has 1 fully saturated rings. The van der Waals surface area contributed by atoms with Gasteiger partial charge in [-0.2, -0.15) is 0 Å². The van der Waals surface area contributed by atoms with Gasteiger partial charge in [-0.05, 0) is 18.8 Å². The summed E-state index contributed by atoms with van der Waals surface area (Å²) in [7, 11) is 3.49. The van der Waals surface area contributed by atoms with Crippen molar-refractivity contribution in [3.8, 4) is 0 Å². The van der Waals surface area contributed by atoms with Crippen LogP contribution in [0.2, 0.25) is 0 Å². The molecule has 0 saturated carbocycles. The van der Waals surface area contributed by atoms with Gasteiger partial charge in [0.25, 0.3) is 0 Å². The monoisotopic (exact) mass is 266 g/mol. The summed E-state index contributed by atoms with van der Waals surface area (Å²) >= 11 is 0. The molecule has 6 nitrogen and oxygen atoms in total. The summed E-state index contributed by atoms with van der Waals surface area (Å²) in [5.41, 5.74) is 0. The number of aliphatic hydroxyl groups excluding tert-OH is 1. The fourth-order valence-corrected chi connectivity index (χ4v) is 2.43. The summed E-state index contributed by atoms with van der Waals surface area (Å²) in [6.07, 6.45) is 1.98. The largest absolute Gasteiger partial charge is 0.396 e. The maximum Gasteiger partial charge on any atom is 0.158 e. The zero-order valence-corrected chi connectivity index (χ0v) is 11.6. The van der Waals surface area contributed by atoms with Gasteiger partial charge in [0, 0.05) is 39.9 Å². The van der Waals surface area contributed by atoms with Crippen LogP contribution < -0.4 is 10.2 Å². The van der Waals surface area contributed by atoms with Crippen molar-refractivity contribution in [1.82, 2.24) is 9.97 Å². The van der Waals surface area contributed by atoms with Crippen LogP contribution in [-0.2, 0) is 11.3 Å². The van der Waals surface area contributed by atoms with Crippen molar-refractivity contribution in [2.45, 2.75) is 19.4 Å². The Morgan fingerprint density at radius 2 is 2.37 bits per heavy atom. The molecule has 106 valence electrons. The Kier molecular flexibility index (Phi) is 4.93. The van der Waals surface area contributed by atoms with E-state index in [1.54, 1.807) is 7.11 Å². The molecule has 1 aromatic heterocycles. The van der Waals surface area contributed by atoms with Gasteiger partial charge in [0.1, 0.15) is 18.2 Å². The van der Waals surface area contributed by atoms with Crippen molar-refractivity contribution in [3.63, 3.8) is 0 Å². The Morgan fingerprint density at radius 3 is 3.05 bits per heavy atom. The van der Waals surface area contributed by atoms with E-state index in [4.69, 9.17) is 9.84 Å². The third-order valence-corrected chi connectivity index (χ3v) is 3.44. The molecular formula is C13H22N4O2. The van der Waals surface area contributed by atoms with Crippen molar-refractivity contribution in [2.24, 2.45) is 5.92 Å². The number of hydrogen-bond donors (Lipinski definition) is 2. The van der Waals surface area contributed by atoms with E-state index in [-0.39, 0.29) is 6.61 Å². The Hall–Kier alpha value is -1.40. The molecule has 2 heterocycles. The number of rotatable bonds is 6. The normalized spacial score (nSPS) is 18.9. The molecule has 2 N–H and O–H groups in total. The van der Waals surface area contributed by atoms with E-state index < -0.39 is 0 Å². The highest BCUT2D eigenvalue weighted by molar-refractivity contribution is 5.49. The highest BCUT2D eigenvalue weighted by Gasteiger charge is 2.23. The Balaban J connectivity index is 2.12. The number of anilines is 2. The van der Waals surface area contributed by atoms with Crippen molar-refractivity contribution < 1.29 is 9.84 Å². The van der Waals surface area contributed by atoms with Crippen molar-refractivity contribution in [3.05, 3.63) is 11.9 Å². The summed E-state index contributed by atoms with van der Waals surface area (Å²) in [4.78, 5) is 11.1. The van der Waals surface area contributed by atoms with Gasteiger partial charge >= 0.3 is 0 Å². The minimum Gasteiger partial charge on any atom is -0.396 e. The summed E-state index contributed by atoms with van der Waals surface area (Å²) in [6, 6.07) is 1.96. The molecule has 1 aliphatic rings. The lowest BCUT2D eigenvalue weighted by molar-refractivity contribution is 0.178. The van der Waals surface area contributed by atoms with Gasteiger partial charge in [0.05, 0.1) is 0 Å². The fraction of sp³-hybridized carbons (Fsp3) is 0.692. The van der Waals surface area contributed by atoms with Gasteiger partial charge in [0.2, 0.25) is 0 Å². The topological polar surface area (TPSA) is 70.5 Å². The first-order chi connectivity index (χ1) is 9.26. The SMILES string of the molecule is CNc1cc(N2CCC(CCO)C2)nc(COC)n1. The summed E-state index contributed by atoms with van der Waals surface area (Å²) < 4.78 is 5.10. The quantitative estimate of drug-likeness (QED) is 0.796. The van der Waals surface area contributed by atoms with E-state index >= 15 is 0 Å². The lowest BCUT2D eigenvalue weighted by atomic mass is 10.1. The Morgan fingerprint density at radius 1 is 1.53 bits per heavy atom. The summed E-state index contributed by atoms with van der Waals surface area (Å²) in [5.74, 6) is 2.99. The van der Waals surface area contributed by atoms with Gasteiger partial charge in [-0.15, -0.1) is 0 Å². The van der Waals surface area contributed by atoms with Crippen LogP contribution >= 0.6 is 0 Å². The zero-order valence-electron chi connectivity index (χ0n) is 11.6. The number of ether oxygens (including phenoxy) is 1. The van der Waals surface area contributed by atoms with Crippen LogP contribution in [0.3, 0.4) is 0 Å². The van der Waals surface area contributed by atoms with Crippen LogP contribution in [0.1, 0.15) is 18.7 Å². The van der Waals surface area contributed by atoms with Gasteiger partial charge in [-0.3, -0.25) is 0 Å². The highest BCUT2D eigenvalue weighted by Crippen LogP contribution is 2.25. The molecule has 19 heavy (non-hydrogen) atoms. The zero-order chi connectivity index (χ0) is 13.7. The predicted octanol–water partition coefficient (Wildman–Crippen LogP) is 0.873.